The summed E-state index contributed by atoms with van der Waals surface area (Å²) in [5, 5.41) is 7.50. The number of carbonyl (C=O) groups excluding carboxylic acids is 4. The molecule has 0 unspecified atom stereocenters. The van der Waals surface area contributed by atoms with Crippen LogP contribution in [0, 0.1) is 5.92 Å². The van der Waals surface area contributed by atoms with E-state index >= 15 is 0 Å². The minimum atomic E-state index is -0.944. The van der Waals surface area contributed by atoms with Crippen LogP contribution in [0.15, 0.2) is 103 Å². The van der Waals surface area contributed by atoms with Crippen LogP contribution in [0.2, 0.25) is 0 Å². The van der Waals surface area contributed by atoms with Crippen molar-refractivity contribution in [1.82, 2.24) is 40.4 Å². The molecule has 4 heterocycles. The van der Waals surface area contributed by atoms with Gasteiger partial charge >= 0.3 is 12.2 Å². The van der Waals surface area contributed by atoms with Crippen molar-refractivity contribution in [3.8, 4) is 33.6 Å². The normalized spacial score (nSPS) is 17.5. The molecule has 4 N–H and O–H groups in total. The number of rotatable bonds is 11. The molecule has 63 heavy (non-hydrogen) atoms. The molecule has 0 aliphatic carbocycles. The first-order valence-corrected chi connectivity index (χ1v) is 20.9. The number of hydrogen-bond acceptors (Lipinski definition) is 10. The lowest BCUT2D eigenvalue weighted by Crippen LogP contribution is -2.54. The van der Waals surface area contributed by atoms with E-state index in [9.17, 15) is 19.2 Å². The summed E-state index contributed by atoms with van der Waals surface area (Å²) in [4.78, 5) is 71.6. The molecule has 6 aromatic rings. The summed E-state index contributed by atoms with van der Waals surface area (Å²) in [6.07, 6.45) is 2.17. The van der Waals surface area contributed by atoms with E-state index in [1.807, 2.05) is 50.2 Å². The number of ether oxygens (including phenoxy) is 4. The molecule has 0 radical (unpaired) electrons. The Labute approximate surface area is 364 Å². The third kappa shape index (κ3) is 9.27. The molecule has 16 nitrogen and oxygen atoms in total. The first-order valence-electron chi connectivity index (χ1n) is 20.9. The Morgan fingerprint density at radius 2 is 1.16 bits per heavy atom. The molecule has 16 heteroatoms. The first kappa shape index (κ1) is 42.6. The topological polar surface area (TPSA) is 193 Å². The van der Waals surface area contributed by atoms with Crippen LogP contribution in [0.1, 0.15) is 49.2 Å². The van der Waals surface area contributed by atoms with E-state index in [0.29, 0.717) is 43.5 Å². The summed E-state index contributed by atoms with van der Waals surface area (Å²) < 4.78 is 21.2. The van der Waals surface area contributed by atoms with Gasteiger partial charge in [0.2, 0.25) is 5.91 Å². The Bertz CT molecular complexity index is 2580. The lowest BCUT2D eigenvalue weighted by atomic mass is 9.98. The average molecular weight is 855 g/mol. The average Bonchev–Trinajstić information content (AvgIpc) is 4.03. The number of imidazole rings is 2. The van der Waals surface area contributed by atoms with Gasteiger partial charge in [-0.25, -0.2) is 19.6 Å². The highest BCUT2D eigenvalue weighted by molar-refractivity contribution is 5.91. The maximum absolute atomic E-state index is 14.0. The number of nitrogens with one attached hydrogen (secondary N) is 4. The zero-order valence-electron chi connectivity index (χ0n) is 35.5. The van der Waals surface area contributed by atoms with Crippen LogP contribution in [0.3, 0.4) is 0 Å². The highest BCUT2D eigenvalue weighted by atomic mass is 16.5. The van der Waals surface area contributed by atoms with Crippen molar-refractivity contribution in [3.63, 3.8) is 0 Å². The molecule has 4 aromatic carbocycles. The molecule has 2 aromatic heterocycles. The molecular formula is C47H50N8O8. The number of benzene rings is 4. The predicted octanol–water partition coefficient (Wildman–Crippen LogP) is 6.56. The number of nitrogens with zero attached hydrogens (tertiary/aromatic N) is 4. The molecule has 0 saturated carbocycles. The number of hydrogen-bond donors (Lipinski definition) is 4. The molecule has 0 spiro atoms. The van der Waals surface area contributed by atoms with Crippen LogP contribution < -0.4 is 10.6 Å². The molecule has 326 valence electrons. The Morgan fingerprint density at radius 3 is 1.75 bits per heavy atom. The fraction of sp³-hybridized carbons (Fsp3) is 0.319. The number of alkyl carbamates (subject to hydrolysis) is 2. The van der Waals surface area contributed by atoms with Gasteiger partial charge in [0, 0.05) is 18.7 Å². The van der Waals surface area contributed by atoms with Gasteiger partial charge in [0.25, 0.3) is 5.91 Å². The van der Waals surface area contributed by atoms with Crippen molar-refractivity contribution in [1.29, 1.82) is 0 Å². The van der Waals surface area contributed by atoms with Crippen molar-refractivity contribution in [2.75, 3.05) is 53.7 Å². The molecule has 4 amide bonds. The number of fused-ring (bicyclic) bond motifs is 1. The number of H-pyrrole nitrogens is 2. The maximum Gasteiger partial charge on any atom is 0.407 e. The van der Waals surface area contributed by atoms with Crippen LogP contribution >= 0.6 is 0 Å². The fourth-order valence-corrected chi connectivity index (χ4v) is 8.08. The summed E-state index contributed by atoms with van der Waals surface area (Å²) in [6, 6.07) is 27.2. The smallest absolute Gasteiger partial charge is 0.407 e. The molecule has 2 aliphatic heterocycles. The van der Waals surface area contributed by atoms with Gasteiger partial charge in [-0.05, 0) is 51.1 Å². The Balaban J connectivity index is 0.955. The monoisotopic (exact) mass is 854 g/mol. The molecule has 0 bridgehead atoms. The lowest BCUT2D eigenvalue weighted by molar-refractivity contribution is -0.144. The van der Waals surface area contributed by atoms with Crippen molar-refractivity contribution in [2.24, 2.45) is 5.92 Å². The Morgan fingerprint density at radius 1 is 0.651 bits per heavy atom. The standard InChI is InChI=1S/C47H50N8O8/c1-28(2)40(52-46(58)60-3)44(56)54-18-20-62-26-38(54)43-49-25-37(51-43)35-17-16-33-22-32(14-15-34(33)23-35)29-10-12-30(13-11-29)36-24-48-42(50-36)39-27-63-21-19-55(39)45(57)41(53-47(59)61-4)31-8-6-5-7-9-31/h5-17,22-25,28,38-41H,18-21,26-27H2,1-4H3,(H,48,50)(H,49,51)(H,52,58)(H,53,59)/t38-,39-,40-,41+/m0/s1. The van der Waals surface area contributed by atoms with E-state index < -0.39 is 36.4 Å². The predicted molar refractivity (Wildman–Crippen MR) is 234 cm³/mol. The SMILES string of the molecule is COC(=O)N[C@H](C(=O)N1CCOC[C@H]1c1ncc(-c2ccc3cc(-c4ccc(-c5cnc([C@@H]6COCCN6C(=O)[C@H](NC(=O)OC)c6ccccc6)[nH]5)cc4)ccc3c2)[nH]1)C(C)C. The second kappa shape index (κ2) is 18.9. The zero-order valence-corrected chi connectivity index (χ0v) is 35.5. The van der Waals surface area contributed by atoms with Crippen molar-refractivity contribution >= 4 is 34.8 Å². The van der Waals surface area contributed by atoms with Crippen molar-refractivity contribution in [2.45, 2.75) is 38.0 Å². The highest BCUT2D eigenvalue weighted by Gasteiger charge is 2.38. The Hall–Kier alpha value is -7.04. The minimum absolute atomic E-state index is 0.156. The summed E-state index contributed by atoms with van der Waals surface area (Å²) in [7, 11) is 2.54. The highest BCUT2D eigenvalue weighted by Crippen LogP contribution is 2.33. The third-order valence-electron chi connectivity index (χ3n) is 11.5. The van der Waals surface area contributed by atoms with Gasteiger partial charge in [0.05, 0.1) is 64.4 Å². The van der Waals surface area contributed by atoms with Crippen LogP contribution in [0.5, 0.6) is 0 Å². The van der Waals surface area contributed by atoms with Gasteiger partial charge in [-0.15, -0.1) is 0 Å². The Kier molecular flexibility index (Phi) is 12.8. The number of amides is 4. The van der Waals surface area contributed by atoms with Crippen molar-refractivity contribution in [3.05, 3.63) is 121 Å². The van der Waals surface area contributed by atoms with Gasteiger partial charge < -0.3 is 49.3 Å². The molecular weight excluding hydrogens is 805 g/mol. The van der Waals surface area contributed by atoms with Gasteiger partial charge in [0.1, 0.15) is 35.8 Å². The quantitative estimate of drug-likeness (QED) is 0.111. The van der Waals surface area contributed by atoms with Crippen LogP contribution in [0.4, 0.5) is 9.59 Å². The van der Waals surface area contributed by atoms with Gasteiger partial charge in [-0.1, -0.05) is 92.7 Å². The number of aromatic amines is 2. The second-order valence-corrected chi connectivity index (χ2v) is 15.8. The van der Waals surface area contributed by atoms with Gasteiger partial charge in [-0.2, -0.15) is 0 Å². The van der Waals surface area contributed by atoms with Gasteiger partial charge in [0.15, 0.2) is 0 Å². The summed E-state index contributed by atoms with van der Waals surface area (Å²) >= 11 is 0. The number of carbonyl (C=O) groups is 4. The first-order chi connectivity index (χ1) is 30.6. The van der Waals surface area contributed by atoms with Crippen LogP contribution in [0.25, 0.3) is 44.4 Å². The summed E-state index contributed by atoms with van der Waals surface area (Å²) in [6.45, 7) is 5.72. The summed E-state index contributed by atoms with van der Waals surface area (Å²) in [5.74, 6) is 0.523. The van der Waals surface area contributed by atoms with Crippen LogP contribution in [-0.2, 0) is 28.5 Å². The van der Waals surface area contributed by atoms with Crippen LogP contribution in [-0.4, -0.2) is 114 Å². The third-order valence-corrected chi connectivity index (χ3v) is 11.5. The number of methoxy groups -OCH3 is 2. The fourth-order valence-electron chi connectivity index (χ4n) is 8.08. The lowest BCUT2D eigenvalue weighted by Gasteiger charge is -2.37. The summed E-state index contributed by atoms with van der Waals surface area (Å²) in [5.41, 5.74) is 6.21. The van der Waals surface area contributed by atoms with E-state index in [2.05, 4.69) is 73.0 Å². The van der Waals surface area contributed by atoms with E-state index in [-0.39, 0.29) is 30.9 Å². The van der Waals surface area contributed by atoms with E-state index in [1.54, 1.807) is 34.3 Å². The number of aromatic nitrogens is 4. The molecule has 8 rings (SSSR count). The van der Waals surface area contributed by atoms with E-state index in [1.165, 1.54) is 14.2 Å². The minimum Gasteiger partial charge on any atom is -0.453 e. The zero-order chi connectivity index (χ0) is 44.0. The molecule has 4 atom stereocenters. The second-order valence-electron chi connectivity index (χ2n) is 15.8. The number of morpholine rings is 2. The van der Waals surface area contributed by atoms with E-state index in [0.717, 1.165) is 44.4 Å². The van der Waals surface area contributed by atoms with E-state index in [4.69, 9.17) is 18.9 Å². The van der Waals surface area contributed by atoms with Crippen molar-refractivity contribution < 1.29 is 38.1 Å². The van der Waals surface area contributed by atoms with Gasteiger partial charge in [-0.3, -0.25) is 9.59 Å². The largest absolute Gasteiger partial charge is 0.453 e. The maximum atomic E-state index is 14.0. The molecule has 2 aliphatic rings. The molecule has 2 saturated heterocycles. The molecule has 2 fully saturated rings.